The van der Waals surface area contributed by atoms with Gasteiger partial charge in [-0.15, -0.1) is 6.58 Å². The van der Waals surface area contributed by atoms with E-state index < -0.39 is 50.5 Å². The summed E-state index contributed by atoms with van der Waals surface area (Å²) in [6.07, 6.45) is -2.92. The molecule has 0 spiro atoms. The van der Waals surface area contributed by atoms with Crippen molar-refractivity contribution >= 4 is 14.4 Å². The number of rotatable bonds is 18. The quantitative estimate of drug-likeness (QED) is 0.103. The van der Waals surface area contributed by atoms with Crippen molar-refractivity contribution in [2.45, 2.75) is 116 Å². The average molecular weight is 692 g/mol. The van der Waals surface area contributed by atoms with Gasteiger partial charge in [0.2, 0.25) is 0 Å². The zero-order valence-corrected chi connectivity index (χ0v) is 31.6. The molecule has 3 aromatic carbocycles. The van der Waals surface area contributed by atoms with Crippen LogP contribution < -0.4 is 5.32 Å². The number of benzene rings is 3. The lowest BCUT2D eigenvalue weighted by atomic mass is 9.96. The molecule has 0 saturated heterocycles. The molecule has 1 amide bonds. The topological polar surface area (TPSA) is 95.5 Å². The van der Waals surface area contributed by atoms with Gasteiger partial charge in [-0.1, -0.05) is 118 Å². The van der Waals surface area contributed by atoms with Crippen molar-refractivity contribution in [3.63, 3.8) is 0 Å². The second-order valence-corrected chi connectivity index (χ2v) is 19.6. The predicted molar refractivity (Wildman–Crippen MR) is 198 cm³/mol. The molecular formula is C40H57NO7Si. The molecule has 49 heavy (non-hydrogen) atoms. The number of nitrogens with one attached hydrogen (secondary N) is 1. The second kappa shape index (κ2) is 18.6. The first-order valence-electron chi connectivity index (χ1n) is 17.0. The highest BCUT2D eigenvalue weighted by Gasteiger charge is 2.46. The molecule has 8 nitrogen and oxygen atoms in total. The predicted octanol–water partition coefficient (Wildman–Crippen LogP) is 8.20. The van der Waals surface area contributed by atoms with Crippen molar-refractivity contribution in [1.82, 2.24) is 5.32 Å². The van der Waals surface area contributed by atoms with Gasteiger partial charge in [0.05, 0.1) is 44.7 Å². The fourth-order valence-corrected chi connectivity index (χ4v) is 6.23. The largest absolute Gasteiger partial charge is 0.444 e. The number of aliphatic hydroxyl groups is 1. The molecule has 3 rings (SSSR count). The Labute approximate surface area is 294 Å². The van der Waals surface area contributed by atoms with Crippen LogP contribution in [-0.2, 0) is 43.2 Å². The minimum absolute atomic E-state index is 0.135. The Bertz CT molecular complexity index is 1390. The summed E-state index contributed by atoms with van der Waals surface area (Å²) in [5, 5.41) is 14.2. The van der Waals surface area contributed by atoms with Crippen LogP contribution in [0.25, 0.3) is 0 Å². The summed E-state index contributed by atoms with van der Waals surface area (Å²) < 4.78 is 32.7. The van der Waals surface area contributed by atoms with E-state index in [9.17, 15) is 9.90 Å². The average Bonchev–Trinajstić information content (AvgIpc) is 3.04. The van der Waals surface area contributed by atoms with Gasteiger partial charge in [-0.3, -0.25) is 0 Å². The van der Waals surface area contributed by atoms with Gasteiger partial charge in [0, 0.05) is 0 Å². The molecule has 0 heterocycles. The van der Waals surface area contributed by atoms with E-state index in [1.165, 1.54) is 6.08 Å². The Kier molecular flexibility index (Phi) is 15.2. The maximum atomic E-state index is 13.3. The molecule has 3 aromatic rings. The van der Waals surface area contributed by atoms with E-state index in [1.807, 2.05) is 91.0 Å². The number of carbonyl (C=O) groups is 1. The Morgan fingerprint density at radius 3 is 1.65 bits per heavy atom. The molecule has 268 valence electrons. The van der Waals surface area contributed by atoms with Crippen molar-refractivity contribution in [2.75, 3.05) is 6.61 Å². The van der Waals surface area contributed by atoms with Crippen LogP contribution in [0.2, 0.25) is 18.1 Å². The zero-order chi connectivity index (χ0) is 36.1. The number of carbonyl (C=O) groups excluding carboxylic acids is 1. The van der Waals surface area contributed by atoms with Crippen LogP contribution in [0.4, 0.5) is 4.79 Å². The molecule has 0 radical (unpaired) electrons. The third-order valence-electron chi connectivity index (χ3n) is 8.55. The summed E-state index contributed by atoms with van der Waals surface area (Å²) in [6.45, 7) is 21.1. The Morgan fingerprint density at radius 1 is 0.776 bits per heavy atom. The third kappa shape index (κ3) is 13.5. The van der Waals surface area contributed by atoms with Gasteiger partial charge in [-0.05, 0) is 55.6 Å². The summed E-state index contributed by atoms with van der Waals surface area (Å²) >= 11 is 0. The zero-order valence-electron chi connectivity index (χ0n) is 30.6. The van der Waals surface area contributed by atoms with E-state index in [1.54, 1.807) is 20.8 Å². The molecular weight excluding hydrogens is 635 g/mol. The molecule has 0 aromatic heterocycles. The Morgan fingerprint density at radius 2 is 1.22 bits per heavy atom. The normalized spacial score (nSPS) is 15.4. The lowest BCUT2D eigenvalue weighted by Gasteiger charge is -2.44. The van der Waals surface area contributed by atoms with Crippen molar-refractivity contribution in [3.05, 3.63) is 120 Å². The van der Waals surface area contributed by atoms with Crippen LogP contribution in [-0.4, -0.2) is 62.2 Å². The van der Waals surface area contributed by atoms with Crippen LogP contribution in [0.15, 0.2) is 104 Å². The lowest BCUT2D eigenvalue weighted by molar-refractivity contribution is -0.158. The second-order valence-electron chi connectivity index (χ2n) is 14.8. The van der Waals surface area contributed by atoms with Crippen molar-refractivity contribution in [1.29, 1.82) is 0 Å². The summed E-state index contributed by atoms with van der Waals surface area (Å²) in [5.74, 6) is 0. The minimum Gasteiger partial charge on any atom is -0.444 e. The fraction of sp³-hybridized carbons (Fsp3) is 0.475. The summed E-state index contributed by atoms with van der Waals surface area (Å²) in [5.41, 5.74) is 2.13. The minimum atomic E-state index is -2.45. The van der Waals surface area contributed by atoms with Crippen molar-refractivity contribution in [3.8, 4) is 0 Å². The van der Waals surface area contributed by atoms with Gasteiger partial charge in [0.1, 0.15) is 17.8 Å². The Balaban J connectivity index is 2.13. The maximum Gasteiger partial charge on any atom is 0.408 e. The van der Waals surface area contributed by atoms with E-state index in [0.717, 1.165) is 16.7 Å². The number of amides is 1. The van der Waals surface area contributed by atoms with Crippen molar-refractivity contribution < 1.29 is 33.3 Å². The molecule has 0 bridgehead atoms. The number of aliphatic hydroxyl groups excluding tert-OH is 1. The monoisotopic (exact) mass is 691 g/mol. The summed E-state index contributed by atoms with van der Waals surface area (Å²) in [7, 11) is -2.45. The first-order valence-corrected chi connectivity index (χ1v) is 19.9. The smallest absolute Gasteiger partial charge is 0.408 e. The summed E-state index contributed by atoms with van der Waals surface area (Å²) in [6, 6.07) is 28.5. The van der Waals surface area contributed by atoms with Gasteiger partial charge in [-0.2, -0.15) is 0 Å². The van der Waals surface area contributed by atoms with E-state index in [0.29, 0.717) is 6.61 Å². The molecule has 0 saturated carbocycles. The first kappa shape index (κ1) is 40.1. The highest BCUT2D eigenvalue weighted by atomic mass is 28.4. The fourth-order valence-electron chi connectivity index (χ4n) is 4.92. The molecule has 2 N–H and O–H groups in total. The maximum absolute atomic E-state index is 13.3. The van der Waals surface area contributed by atoms with Gasteiger partial charge in [0.25, 0.3) is 0 Å². The van der Waals surface area contributed by atoms with E-state index in [2.05, 4.69) is 45.8 Å². The molecule has 5 atom stereocenters. The van der Waals surface area contributed by atoms with Crippen LogP contribution in [0.1, 0.15) is 58.2 Å². The van der Waals surface area contributed by atoms with Crippen molar-refractivity contribution in [2.24, 2.45) is 0 Å². The molecule has 0 fully saturated rings. The van der Waals surface area contributed by atoms with Gasteiger partial charge in [0.15, 0.2) is 8.32 Å². The number of alkyl carbamates (subject to hydrolysis) is 1. The highest BCUT2D eigenvalue weighted by molar-refractivity contribution is 6.74. The molecule has 9 heteroatoms. The van der Waals surface area contributed by atoms with Crippen LogP contribution in [0.3, 0.4) is 0 Å². The van der Waals surface area contributed by atoms with E-state index >= 15 is 0 Å². The molecule has 0 aliphatic carbocycles. The lowest BCUT2D eigenvalue weighted by Crippen LogP contribution is -2.61. The third-order valence-corrected chi connectivity index (χ3v) is 13.1. The van der Waals surface area contributed by atoms with Gasteiger partial charge >= 0.3 is 6.09 Å². The van der Waals surface area contributed by atoms with Crippen LogP contribution >= 0.6 is 0 Å². The van der Waals surface area contributed by atoms with Crippen LogP contribution in [0.5, 0.6) is 0 Å². The SMILES string of the molecule is C=C[C@@H](O)[C@H](NC(=O)OC(C)(C)C)[C@@H](OCc1ccccc1)[C@H](OCc1ccccc1)[C@H](COCc1ccccc1)O[Si](C)(C)C(C)(C)C. The number of ether oxygens (including phenoxy) is 4. The van der Waals surface area contributed by atoms with Gasteiger partial charge < -0.3 is 33.8 Å². The molecule has 0 unspecified atom stereocenters. The Hall–Kier alpha value is -3.31. The van der Waals surface area contributed by atoms with E-state index in [-0.39, 0.29) is 24.9 Å². The molecule has 0 aliphatic heterocycles. The first-order chi connectivity index (χ1) is 23.1. The van der Waals surface area contributed by atoms with E-state index in [4.69, 9.17) is 23.4 Å². The van der Waals surface area contributed by atoms with Crippen LogP contribution in [0, 0.1) is 0 Å². The standard InChI is InChI=1S/C40H57NO7Si/c1-10-33(42)35(41-38(43)47-39(2,3)4)37(46-28-32-24-18-13-19-25-32)36(45-27-31-22-16-12-17-23-31)34(48-49(8,9)40(5,6)7)29-44-26-30-20-14-11-15-21-30/h10-25,33-37,42H,1,26-29H2,2-9H3,(H,41,43)/t33-,34+,35+,36-,37-/m1/s1. The highest BCUT2D eigenvalue weighted by Crippen LogP contribution is 2.38. The van der Waals surface area contributed by atoms with Gasteiger partial charge in [-0.25, -0.2) is 4.79 Å². The number of hydrogen-bond donors (Lipinski definition) is 2. The summed E-state index contributed by atoms with van der Waals surface area (Å²) in [4.78, 5) is 13.3. The number of hydrogen-bond acceptors (Lipinski definition) is 7. The molecule has 0 aliphatic rings.